The van der Waals surface area contributed by atoms with Gasteiger partial charge in [0.05, 0.1) is 12.7 Å². The molecule has 0 spiro atoms. The van der Waals surface area contributed by atoms with Gasteiger partial charge in [-0.25, -0.2) is 21.9 Å². The average molecular weight is 439 g/mol. The van der Waals surface area contributed by atoms with E-state index in [-0.39, 0.29) is 23.2 Å². The molecule has 1 aliphatic rings. The van der Waals surface area contributed by atoms with E-state index in [1.807, 2.05) is 13.8 Å². The van der Waals surface area contributed by atoms with Gasteiger partial charge in [-0.05, 0) is 30.0 Å². The van der Waals surface area contributed by atoms with Crippen LogP contribution >= 0.6 is 0 Å². The number of hydrogen-bond acceptors (Lipinski definition) is 6. The number of sulfonamides is 1. The Morgan fingerprint density at radius 2 is 1.87 bits per heavy atom. The quantitative estimate of drug-likeness (QED) is 0.743. The van der Waals surface area contributed by atoms with Gasteiger partial charge in [-0.3, -0.25) is 9.59 Å². The summed E-state index contributed by atoms with van der Waals surface area (Å²) in [4.78, 5) is 23.1. The molecule has 2 aromatic carbocycles. The van der Waals surface area contributed by atoms with Crippen molar-refractivity contribution in [3.63, 3.8) is 0 Å². The number of amides is 1. The van der Waals surface area contributed by atoms with Crippen molar-refractivity contribution >= 4 is 21.7 Å². The minimum Gasteiger partial charge on any atom is -0.497 e. The van der Waals surface area contributed by atoms with Crippen molar-refractivity contribution in [1.82, 2.24) is 4.72 Å². The highest BCUT2D eigenvalue weighted by molar-refractivity contribution is 7.90. The zero-order valence-corrected chi connectivity index (χ0v) is 17.2. The lowest BCUT2D eigenvalue weighted by atomic mass is 9.97. The molecular weight excluding hydrogens is 420 g/mol. The first-order chi connectivity index (χ1) is 14.0. The predicted molar refractivity (Wildman–Crippen MR) is 102 cm³/mol. The molecule has 1 unspecified atom stereocenters. The van der Waals surface area contributed by atoms with E-state index >= 15 is 0 Å². The fourth-order valence-corrected chi connectivity index (χ4v) is 4.61. The first kappa shape index (κ1) is 21.7. The first-order valence-electron chi connectivity index (χ1n) is 8.93. The van der Waals surface area contributed by atoms with Crippen LogP contribution in [-0.2, 0) is 14.8 Å². The molecule has 0 aromatic heterocycles. The molecule has 1 N–H and O–H groups in total. The largest absolute Gasteiger partial charge is 0.497 e. The van der Waals surface area contributed by atoms with Gasteiger partial charge in [0.1, 0.15) is 23.1 Å². The number of methoxy groups -OCH3 is 1. The molecule has 10 heteroatoms. The third-order valence-corrected chi connectivity index (χ3v) is 6.20. The number of fused-ring (bicyclic) bond motifs is 1. The fourth-order valence-electron chi connectivity index (χ4n) is 3.51. The number of nitrogens with one attached hydrogen (secondary N) is 1. The Morgan fingerprint density at radius 3 is 2.47 bits per heavy atom. The van der Waals surface area contributed by atoms with Crippen molar-refractivity contribution in [2.45, 2.75) is 31.1 Å². The highest BCUT2D eigenvalue weighted by atomic mass is 32.2. The number of rotatable bonds is 6. The summed E-state index contributed by atoms with van der Waals surface area (Å²) in [5.41, 5.74) is 2.10. The maximum Gasteiger partial charge on any atom is 0.271 e. The third kappa shape index (κ3) is 4.00. The van der Waals surface area contributed by atoms with Crippen LogP contribution in [0.15, 0.2) is 29.2 Å². The first-order valence-corrected chi connectivity index (χ1v) is 10.4. The Bertz CT molecular complexity index is 1120. The van der Waals surface area contributed by atoms with E-state index in [9.17, 15) is 26.8 Å². The van der Waals surface area contributed by atoms with E-state index in [0.29, 0.717) is 24.1 Å². The van der Waals surface area contributed by atoms with Crippen molar-refractivity contribution in [1.29, 1.82) is 0 Å². The molecule has 0 fully saturated rings. The summed E-state index contributed by atoms with van der Waals surface area (Å²) in [6.45, 7) is 2.99. The fraction of sp³-hybridized carbons (Fsp3) is 0.300. The van der Waals surface area contributed by atoms with Crippen LogP contribution in [0.4, 0.5) is 8.78 Å². The number of Topliss-reactive ketones (excluding diaryl/α,β-unsaturated/α-hetero) is 1. The van der Waals surface area contributed by atoms with E-state index in [4.69, 9.17) is 4.74 Å². The van der Waals surface area contributed by atoms with Crippen molar-refractivity contribution in [3.05, 3.63) is 52.6 Å². The Hall–Kier alpha value is -3.01. The summed E-state index contributed by atoms with van der Waals surface area (Å²) in [5.74, 6) is -4.17. The zero-order chi connectivity index (χ0) is 22.2. The summed E-state index contributed by atoms with van der Waals surface area (Å²) < 4.78 is 64.2. The average Bonchev–Trinajstić information content (AvgIpc) is 2.95. The van der Waals surface area contributed by atoms with Crippen LogP contribution in [0.3, 0.4) is 0 Å². The number of aryl methyl sites for hydroxylation is 1. The molecule has 0 saturated heterocycles. The highest BCUT2D eigenvalue weighted by Gasteiger charge is 2.32. The molecule has 2 aromatic rings. The molecule has 0 heterocycles. The molecule has 0 aliphatic heterocycles. The molecule has 3 rings (SSSR count). The van der Waals surface area contributed by atoms with Gasteiger partial charge in [-0.1, -0.05) is 13.0 Å². The molecule has 0 bridgehead atoms. The van der Waals surface area contributed by atoms with Gasteiger partial charge in [0, 0.05) is 18.6 Å². The van der Waals surface area contributed by atoms with Crippen LogP contribution in [0.5, 0.6) is 11.5 Å². The van der Waals surface area contributed by atoms with E-state index in [1.54, 1.807) is 10.8 Å². The molecule has 0 radical (unpaired) electrons. The van der Waals surface area contributed by atoms with Gasteiger partial charge in [-0.15, -0.1) is 0 Å². The van der Waals surface area contributed by atoms with Gasteiger partial charge >= 0.3 is 0 Å². The number of halogens is 2. The van der Waals surface area contributed by atoms with Crippen molar-refractivity contribution in [2.75, 3.05) is 13.7 Å². The third-order valence-electron chi connectivity index (χ3n) is 4.77. The maximum atomic E-state index is 14.0. The van der Waals surface area contributed by atoms with Crippen LogP contribution in [0.25, 0.3) is 0 Å². The standard InChI is InChI=1S/C20H19F2NO6S/c1-10-4-5-16(19-15(24)6-11(2)18(10)19)29-9-17(25)23-30(26,27)20-13(21)7-12(28-3)8-14(20)22/h4-5,7-8,11H,6,9H2,1-3H3,(H,23,25). The van der Waals surface area contributed by atoms with E-state index in [2.05, 4.69) is 4.74 Å². The SMILES string of the molecule is COc1cc(F)c(S(=O)(=O)NC(=O)COc2ccc(C)c3c2C(=O)CC3C)c(F)c1. The normalized spacial score (nSPS) is 15.6. The van der Waals surface area contributed by atoms with Gasteiger partial charge in [0.25, 0.3) is 15.9 Å². The van der Waals surface area contributed by atoms with Crippen molar-refractivity contribution in [2.24, 2.45) is 0 Å². The minimum absolute atomic E-state index is 0.00581. The second-order valence-electron chi connectivity index (χ2n) is 6.94. The van der Waals surface area contributed by atoms with Crippen LogP contribution in [-0.4, -0.2) is 33.8 Å². The Labute approximate surface area is 172 Å². The molecule has 1 aliphatic carbocycles. The number of carbonyl (C=O) groups excluding carboxylic acids is 2. The predicted octanol–water partition coefficient (Wildman–Crippen LogP) is 2.86. The molecular formula is C20H19F2NO6S. The monoisotopic (exact) mass is 439 g/mol. The second kappa shape index (κ2) is 8.02. The van der Waals surface area contributed by atoms with Crippen LogP contribution in [0.2, 0.25) is 0 Å². The number of carbonyl (C=O) groups is 2. The van der Waals surface area contributed by atoms with Gasteiger partial charge < -0.3 is 9.47 Å². The van der Waals surface area contributed by atoms with Gasteiger partial charge in [-0.2, -0.15) is 0 Å². The van der Waals surface area contributed by atoms with Crippen molar-refractivity contribution < 1.29 is 36.3 Å². The Kier molecular flexibility index (Phi) is 5.80. The molecule has 30 heavy (non-hydrogen) atoms. The lowest BCUT2D eigenvalue weighted by Crippen LogP contribution is -2.35. The van der Waals surface area contributed by atoms with E-state index < -0.39 is 39.1 Å². The number of ether oxygens (including phenoxy) is 2. The molecule has 0 saturated carbocycles. The van der Waals surface area contributed by atoms with Crippen LogP contribution in [0, 0.1) is 18.6 Å². The van der Waals surface area contributed by atoms with Crippen LogP contribution < -0.4 is 14.2 Å². The summed E-state index contributed by atoms with van der Waals surface area (Å²) in [7, 11) is -3.68. The Morgan fingerprint density at radius 1 is 1.23 bits per heavy atom. The van der Waals surface area contributed by atoms with Crippen LogP contribution in [0.1, 0.15) is 40.7 Å². The topological polar surface area (TPSA) is 98.8 Å². The number of benzene rings is 2. The molecule has 1 atom stereocenters. The maximum absolute atomic E-state index is 14.0. The van der Waals surface area contributed by atoms with E-state index in [1.165, 1.54) is 6.07 Å². The zero-order valence-electron chi connectivity index (χ0n) is 16.4. The minimum atomic E-state index is -4.84. The smallest absolute Gasteiger partial charge is 0.271 e. The molecule has 1 amide bonds. The summed E-state index contributed by atoms with van der Waals surface area (Å²) in [6, 6.07) is 4.62. The highest BCUT2D eigenvalue weighted by Crippen LogP contribution is 2.40. The summed E-state index contributed by atoms with van der Waals surface area (Å²) >= 11 is 0. The van der Waals surface area contributed by atoms with Crippen molar-refractivity contribution in [3.8, 4) is 11.5 Å². The van der Waals surface area contributed by atoms with Gasteiger partial charge in [0.2, 0.25) is 0 Å². The Balaban J connectivity index is 1.77. The summed E-state index contributed by atoms with van der Waals surface area (Å²) in [5, 5.41) is 0. The van der Waals surface area contributed by atoms with E-state index in [0.717, 1.165) is 18.2 Å². The molecule has 7 nitrogen and oxygen atoms in total. The number of hydrogen-bond donors (Lipinski definition) is 1. The lowest BCUT2D eigenvalue weighted by molar-refractivity contribution is -0.121. The number of ketones is 1. The lowest BCUT2D eigenvalue weighted by Gasteiger charge is -2.14. The summed E-state index contributed by atoms with van der Waals surface area (Å²) in [6.07, 6.45) is 0.313. The molecule has 160 valence electrons. The second-order valence-corrected chi connectivity index (χ2v) is 8.55. The van der Waals surface area contributed by atoms with Gasteiger partial charge in [0.15, 0.2) is 17.3 Å².